The lowest BCUT2D eigenvalue weighted by Crippen LogP contribution is -2.34. The van der Waals surface area contributed by atoms with Crippen LogP contribution in [0.2, 0.25) is 0 Å². The van der Waals surface area contributed by atoms with Gasteiger partial charge in [0.25, 0.3) is 5.91 Å². The van der Waals surface area contributed by atoms with Gasteiger partial charge in [-0.3, -0.25) is 19.8 Å². The van der Waals surface area contributed by atoms with Crippen LogP contribution in [0, 0.1) is 0 Å². The number of hydrogen-bond donors (Lipinski definition) is 1. The maximum absolute atomic E-state index is 12.0. The van der Waals surface area contributed by atoms with Crippen LogP contribution < -0.4 is 5.32 Å². The number of aromatic nitrogens is 1. The lowest BCUT2D eigenvalue weighted by Gasteiger charge is -2.24. The molecule has 0 radical (unpaired) electrons. The molecule has 0 aliphatic carbocycles. The molecule has 6 nitrogen and oxygen atoms in total. The fourth-order valence-electron chi connectivity index (χ4n) is 2.25. The highest BCUT2D eigenvalue weighted by molar-refractivity contribution is 7.16. The van der Waals surface area contributed by atoms with Crippen LogP contribution >= 0.6 is 22.7 Å². The first-order valence-electron chi connectivity index (χ1n) is 6.78. The molecule has 0 bridgehead atoms. The number of hydrogen-bond acceptors (Lipinski definition) is 7. The minimum absolute atomic E-state index is 0.132. The summed E-state index contributed by atoms with van der Waals surface area (Å²) < 4.78 is 4.69. The highest BCUT2D eigenvalue weighted by Gasteiger charge is 2.23. The van der Waals surface area contributed by atoms with Crippen LogP contribution in [0.5, 0.6) is 0 Å². The van der Waals surface area contributed by atoms with Gasteiger partial charge >= 0.3 is 5.97 Å². The molecule has 8 heteroatoms. The van der Waals surface area contributed by atoms with Crippen molar-refractivity contribution in [2.75, 3.05) is 25.5 Å². The smallest absolute Gasteiger partial charge is 0.319 e. The van der Waals surface area contributed by atoms with Crippen molar-refractivity contribution in [3.63, 3.8) is 0 Å². The van der Waals surface area contributed by atoms with Crippen molar-refractivity contribution >= 4 is 39.7 Å². The van der Waals surface area contributed by atoms with Gasteiger partial charge < -0.3 is 4.74 Å². The fraction of sp³-hybridized carbons (Fsp3) is 0.357. The normalized spacial score (nSPS) is 14.4. The van der Waals surface area contributed by atoms with E-state index >= 15 is 0 Å². The zero-order valence-corrected chi connectivity index (χ0v) is 13.6. The monoisotopic (exact) mass is 337 g/mol. The highest BCUT2D eigenvalue weighted by atomic mass is 32.1. The molecule has 1 aliphatic rings. The second kappa shape index (κ2) is 6.55. The Hall–Kier alpha value is -1.77. The number of carbonyl (C=O) groups excluding carboxylic acids is 2. The molecule has 2 aromatic heterocycles. The van der Waals surface area contributed by atoms with Gasteiger partial charge in [-0.1, -0.05) is 6.07 Å². The van der Waals surface area contributed by atoms with Crippen molar-refractivity contribution in [3.05, 3.63) is 33.0 Å². The number of thiazole rings is 1. The van der Waals surface area contributed by atoms with Crippen molar-refractivity contribution in [3.8, 4) is 0 Å². The molecule has 1 N–H and O–H groups in total. The van der Waals surface area contributed by atoms with Crippen LogP contribution in [0.4, 0.5) is 5.13 Å². The molecule has 0 saturated carbocycles. The zero-order chi connectivity index (χ0) is 15.5. The molecule has 0 atom stereocenters. The molecule has 0 saturated heterocycles. The SMILES string of the molecule is COC(=O)CN1CCc2nc(NC(=O)c3cccs3)sc2C1. The molecular formula is C14H15N3O3S2. The number of carbonyl (C=O) groups is 2. The molecule has 0 spiro atoms. The van der Waals surface area contributed by atoms with Crippen LogP contribution in [0.25, 0.3) is 0 Å². The molecule has 116 valence electrons. The third kappa shape index (κ3) is 3.34. The molecule has 3 heterocycles. The van der Waals surface area contributed by atoms with Gasteiger partial charge in [0, 0.05) is 24.4 Å². The number of esters is 1. The Morgan fingerprint density at radius 2 is 2.36 bits per heavy atom. The van der Waals surface area contributed by atoms with E-state index in [1.165, 1.54) is 29.8 Å². The minimum atomic E-state index is -0.237. The number of thiophene rings is 1. The second-order valence-electron chi connectivity index (χ2n) is 4.86. The third-order valence-corrected chi connectivity index (χ3v) is 5.22. The van der Waals surface area contributed by atoms with Crippen molar-refractivity contribution < 1.29 is 14.3 Å². The van der Waals surface area contributed by atoms with Crippen molar-refractivity contribution in [1.82, 2.24) is 9.88 Å². The van der Waals surface area contributed by atoms with E-state index in [-0.39, 0.29) is 18.4 Å². The number of nitrogens with zero attached hydrogens (tertiary/aromatic N) is 2. The third-order valence-electron chi connectivity index (χ3n) is 3.36. The molecule has 0 aromatic carbocycles. The van der Waals surface area contributed by atoms with Crippen molar-refractivity contribution in [1.29, 1.82) is 0 Å². The predicted octanol–water partition coefficient (Wildman–Crippen LogP) is 1.99. The van der Waals surface area contributed by atoms with E-state index < -0.39 is 0 Å². The highest BCUT2D eigenvalue weighted by Crippen LogP contribution is 2.28. The lowest BCUT2D eigenvalue weighted by atomic mass is 10.2. The van der Waals surface area contributed by atoms with E-state index in [0.29, 0.717) is 16.6 Å². The average Bonchev–Trinajstić information content (AvgIpc) is 3.15. The first-order valence-corrected chi connectivity index (χ1v) is 8.48. The van der Waals surface area contributed by atoms with Crippen LogP contribution in [0.3, 0.4) is 0 Å². The molecule has 1 aliphatic heterocycles. The fourth-order valence-corrected chi connectivity index (χ4v) is 3.91. The van der Waals surface area contributed by atoms with Gasteiger partial charge in [-0.15, -0.1) is 22.7 Å². The number of fused-ring (bicyclic) bond motifs is 1. The number of rotatable bonds is 4. The number of anilines is 1. The summed E-state index contributed by atoms with van der Waals surface area (Å²) in [5.41, 5.74) is 1.01. The van der Waals surface area contributed by atoms with E-state index in [4.69, 9.17) is 4.74 Å². The van der Waals surface area contributed by atoms with Crippen LogP contribution in [-0.2, 0) is 22.5 Å². The van der Waals surface area contributed by atoms with Gasteiger partial charge in [0.2, 0.25) is 0 Å². The minimum Gasteiger partial charge on any atom is -0.468 e. The molecule has 22 heavy (non-hydrogen) atoms. The quantitative estimate of drug-likeness (QED) is 0.864. The summed E-state index contributed by atoms with van der Waals surface area (Å²) in [5, 5.41) is 5.32. The summed E-state index contributed by atoms with van der Waals surface area (Å²) in [6.07, 6.45) is 0.775. The number of nitrogens with one attached hydrogen (secondary N) is 1. The van der Waals surface area contributed by atoms with Gasteiger partial charge in [0.05, 0.1) is 24.2 Å². The van der Waals surface area contributed by atoms with Crippen LogP contribution in [0.15, 0.2) is 17.5 Å². The number of methoxy groups -OCH3 is 1. The Morgan fingerprint density at radius 3 is 3.09 bits per heavy atom. The standard InChI is InChI=1S/C14H15N3O3S2/c1-20-12(18)8-17-5-4-9-11(7-17)22-14(15-9)16-13(19)10-3-2-6-21-10/h2-3,6H,4-5,7-8H2,1H3,(H,15,16,19). The van der Waals surface area contributed by atoms with E-state index in [1.54, 1.807) is 6.07 Å². The second-order valence-corrected chi connectivity index (χ2v) is 6.89. The maximum atomic E-state index is 12.0. The first kappa shape index (κ1) is 15.1. The average molecular weight is 337 g/mol. The summed E-state index contributed by atoms with van der Waals surface area (Å²) in [6, 6.07) is 3.63. The maximum Gasteiger partial charge on any atom is 0.319 e. The molecule has 1 amide bonds. The molecule has 0 unspecified atom stereocenters. The van der Waals surface area contributed by atoms with E-state index in [2.05, 4.69) is 10.3 Å². The largest absolute Gasteiger partial charge is 0.468 e. The Bertz CT molecular complexity index is 682. The van der Waals surface area contributed by atoms with Crippen LogP contribution in [-0.4, -0.2) is 42.0 Å². The molecule has 3 rings (SSSR count). The summed E-state index contributed by atoms with van der Waals surface area (Å²) in [6.45, 7) is 1.71. The lowest BCUT2D eigenvalue weighted by molar-refractivity contribution is -0.142. The molecule has 2 aromatic rings. The van der Waals surface area contributed by atoms with E-state index in [0.717, 1.165) is 23.5 Å². The summed E-state index contributed by atoms with van der Waals surface area (Å²) in [7, 11) is 1.39. The van der Waals surface area contributed by atoms with Gasteiger partial charge in [0.1, 0.15) is 0 Å². The van der Waals surface area contributed by atoms with Gasteiger partial charge in [0.15, 0.2) is 5.13 Å². The summed E-state index contributed by atoms with van der Waals surface area (Å²) >= 11 is 2.87. The Balaban J connectivity index is 1.66. The van der Waals surface area contributed by atoms with Gasteiger partial charge in [-0.2, -0.15) is 0 Å². The van der Waals surface area contributed by atoms with Crippen LogP contribution in [0.1, 0.15) is 20.2 Å². The van der Waals surface area contributed by atoms with Gasteiger partial charge in [-0.25, -0.2) is 4.98 Å². The Kier molecular flexibility index (Phi) is 4.51. The summed E-state index contributed by atoms with van der Waals surface area (Å²) in [4.78, 5) is 31.6. The van der Waals surface area contributed by atoms with Crippen molar-refractivity contribution in [2.24, 2.45) is 0 Å². The number of amides is 1. The summed E-state index contributed by atoms with van der Waals surface area (Å²) in [5.74, 6) is -0.369. The van der Waals surface area contributed by atoms with E-state index in [1.807, 2.05) is 16.3 Å². The molecular weight excluding hydrogens is 322 g/mol. The topological polar surface area (TPSA) is 71.5 Å². The van der Waals surface area contributed by atoms with Gasteiger partial charge in [-0.05, 0) is 11.4 Å². The Labute approximate surface area is 135 Å². The number of ether oxygens (including phenoxy) is 1. The zero-order valence-electron chi connectivity index (χ0n) is 12.0. The molecule has 0 fully saturated rings. The van der Waals surface area contributed by atoms with E-state index in [9.17, 15) is 9.59 Å². The predicted molar refractivity (Wildman–Crippen MR) is 85.4 cm³/mol. The Morgan fingerprint density at radius 1 is 1.50 bits per heavy atom. The van der Waals surface area contributed by atoms with Crippen molar-refractivity contribution in [2.45, 2.75) is 13.0 Å². The first-order chi connectivity index (χ1) is 10.7.